The molecule has 0 unspecified atom stereocenters. The highest BCUT2D eigenvalue weighted by Gasteiger charge is 2.22. The van der Waals surface area contributed by atoms with E-state index >= 15 is 0 Å². The average Bonchev–Trinajstić information content (AvgIpc) is 2.38. The van der Waals surface area contributed by atoms with Gasteiger partial charge in [-0.15, -0.1) is 0 Å². The lowest BCUT2D eigenvalue weighted by Crippen LogP contribution is -2.17. The highest BCUT2D eigenvalue weighted by molar-refractivity contribution is 5.73. The number of aryl methyl sites for hydroxylation is 1. The fourth-order valence-electron chi connectivity index (χ4n) is 0.946. The Bertz CT molecular complexity index is 282. The van der Waals surface area contributed by atoms with E-state index in [1.54, 1.807) is 17.8 Å². The molecule has 0 fully saturated rings. The van der Waals surface area contributed by atoms with Crippen molar-refractivity contribution in [1.29, 1.82) is 0 Å². The van der Waals surface area contributed by atoms with Gasteiger partial charge in [-0.1, -0.05) is 0 Å². The van der Waals surface area contributed by atoms with Crippen LogP contribution in [0.2, 0.25) is 0 Å². The van der Waals surface area contributed by atoms with Gasteiger partial charge in [0.1, 0.15) is 5.82 Å². The summed E-state index contributed by atoms with van der Waals surface area (Å²) in [7, 11) is 3.06. The van der Waals surface area contributed by atoms with E-state index in [4.69, 9.17) is 9.84 Å². The molecule has 12 heavy (non-hydrogen) atoms. The summed E-state index contributed by atoms with van der Waals surface area (Å²) in [6.45, 7) is 0. The van der Waals surface area contributed by atoms with Gasteiger partial charge < -0.3 is 14.4 Å². The first-order valence-electron chi connectivity index (χ1n) is 3.39. The second kappa shape index (κ2) is 3.36. The van der Waals surface area contributed by atoms with Gasteiger partial charge in [0.05, 0.1) is 0 Å². The molecule has 1 heterocycles. The lowest BCUT2D eigenvalue weighted by molar-refractivity contribution is -0.149. The minimum Gasteiger partial charge on any atom is -0.479 e. The van der Waals surface area contributed by atoms with Gasteiger partial charge in [0.25, 0.3) is 0 Å². The lowest BCUT2D eigenvalue weighted by atomic mass is 10.3. The Labute approximate surface area is 69.6 Å². The van der Waals surface area contributed by atoms with Crippen molar-refractivity contribution in [1.82, 2.24) is 9.55 Å². The molecule has 0 spiro atoms. The van der Waals surface area contributed by atoms with E-state index in [-0.39, 0.29) is 0 Å². The number of methoxy groups -OCH3 is 1. The zero-order valence-electron chi connectivity index (χ0n) is 6.89. The number of aromatic nitrogens is 2. The Kier molecular flexibility index (Phi) is 2.44. The van der Waals surface area contributed by atoms with Gasteiger partial charge in [0.2, 0.25) is 6.10 Å². The van der Waals surface area contributed by atoms with Crippen LogP contribution in [-0.2, 0) is 16.6 Å². The number of hydrogen-bond donors (Lipinski definition) is 1. The van der Waals surface area contributed by atoms with Gasteiger partial charge in [0.15, 0.2) is 0 Å². The van der Waals surface area contributed by atoms with Crippen LogP contribution in [-0.4, -0.2) is 27.7 Å². The fraction of sp³-hybridized carbons (Fsp3) is 0.429. The van der Waals surface area contributed by atoms with Crippen LogP contribution in [0, 0.1) is 0 Å². The summed E-state index contributed by atoms with van der Waals surface area (Å²) in [5.41, 5.74) is 0. The highest BCUT2D eigenvalue weighted by Crippen LogP contribution is 2.13. The van der Waals surface area contributed by atoms with Crippen LogP contribution in [0.3, 0.4) is 0 Å². The first kappa shape index (κ1) is 8.73. The predicted molar refractivity (Wildman–Crippen MR) is 40.6 cm³/mol. The number of carbonyl (C=O) groups is 1. The van der Waals surface area contributed by atoms with Crippen molar-refractivity contribution in [3.63, 3.8) is 0 Å². The summed E-state index contributed by atoms with van der Waals surface area (Å²) in [4.78, 5) is 14.5. The van der Waals surface area contributed by atoms with Crippen molar-refractivity contribution in [3.05, 3.63) is 18.2 Å². The van der Waals surface area contributed by atoms with Crippen LogP contribution in [0.4, 0.5) is 0 Å². The van der Waals surface area contributed by atoms with Crippen molar-refractivity contribution in [2.75, 3.05) is 7.11 Å². The molecule has 0 saturated carbocycles. The number of rotatable bonds is 3. The summed E-state index contributed by atoms with van der Waals surface area (Å²) in [5.74, 6) is -0.642. The minimum absolute atomic E-state index is 0.394. The number of nitrogens with zero attached hydrogens (tertiary/aromatic N) is 2. The zero-order chi connectivity index (χ0) is 9.14. The third-order valence-electron chi connectivity index (χ3n) is 1.55. The molecule has 0 aliphatic heterocycles. The van der Waals surface area contributed by atoms with Gasteiger partial charge >= 0.3 is 5.97 Å². The molecule has 5 nitrogen and oxygen atoms in total. The molecule has 5 heteroatoms. The third-order valence-corrected chi connectivity index (χ3v) is 1.55. The average molecular weight is 170 g/mol. The Hall–Kier alpha value is -1.36. The molecule has 0 aromatic carbocycles. The Morgan fingerprint density at radius 1 is 1.83 bits per heavy atom. The number of hydrogen-bond acceptors (Lipinski definition) is 3. The second-order valence-electron chi connectivity index (χ2n) is 2.35. The number of imidazole rings is 1. The second-order valence-corrected chi connectivity index (χ2v) is 2.35. The summed E-state index contributed by atoms with van der Waals surface area (Å²) >= 11 is 0. The number of aliphatic carboxylic acids is 1. The molecular formula is C7H10N2O3. The SMILES string of the molecule is CO[C@H](C(=O)O)c1nccn1C. The molecule has 1 N–H and O–H groups in total. The molecule has 1 aromatic heterocycles. The Balaban J connectivity index is 2.94. The standard InChI is InChI=1S/C7H10N2O3/c1-9-4-3-8-6(9)5(12-2)7(10)11/h3-5H,1-2H3,(H,10,11)/t5-/m0/s1. The molecule has 0 saturated heterocycles. The van der Waals surface area contributed by atoms with Crippen molar-refractivity contribution in [2.24, 2.45) is 7.05 Å². The molecule has 0 aliphatic rings. The van der Waals surface area contributed by atoms with E-state index < -0.39 is 12.1 Å². The molecule has 0 radical (unpaired) electrons. The highest BCUT2D eigenvalue weighted by atomic mass is 16.5. The number of ether oxygens (including phenoxy) is 1. The van der Waals surface area contributed by atoms with Crippen LogP contribution < -0.4 is 0 Å². The summed E-state index contributed by atoms with van der Waals surface area (Å²) in [6.07, 6.45) is 2.22. The van der Waals surface area contributed by atoms with E-state index in [0.717, 1.165) is 0 Å². The summed E-state index contributed by atoms with van der Waals surface area (Å²) in [5, 5.41) is 8.69. The van der Waals surface area contributed by atoms with Crippen LogP contribution in [0.25, 0.3) is 0 Å². The van der Waals surface area contributed by atoms with Crippen LogP contribution >= 0.6 is 0 Å². The van der Waals surface area contributed by atoms with Gasteiger partial charge in [-0.3, -0.25) is 0 Å². The van der Waals surface area contributed by atoms with E-state index in [1.165, 1.54) is 13.3 Å². The first-order chi connectivity index (χ1) is 5.66. The van der Waals surface area contributed by atoms with E-state index in [0.29, 0.717) is 5.82 Å². The van der Waals surface area contributed by atoms with Gasteiger partial charge in [-0.05, 0) is 0 Å². The maximum absolute atomic E-state index is 10.6. The normalized spacial score (nSPS) is 12.8. The minimum atomic E-state index is -1.04. The molecule has 66 valence electrons. The summed E-state index contributed by atoms with van der Waals surface area (Å²) < 4.78 is 6.37. The van der Waals surface area contributed by atoms with Gasteiger partial charge in [-0.2, -0.15) is 0 Å². The van der Waals surface area contributed by atoms with Crippen molar-refractivity contribution >= 4 is 5.97 Å². The Morgan fingerprint density at radius 3 is 2.83 bits per heavy atom. The van der Waals surface area contributed by atoms with Crippen LogP contribution in [0.1, 0.15) is 11.9 Å². The van der Waals surface area contributed by atoms with E-state index in [2.05, 4.69) is 4.98 Å². The first-order valence-corrected chi connectivity index (χ1v) is 3.39. The van der Waals surface area contributed by atoms with Crippen molar-refractivity contribution < 1.29 is 14.6 Å². The van der Waals surface area contributed by atoms with Crippen molar-refractivity contribution in [2.45, 2.75) is 6.10 Å². The quantitative estimate of drug-likeness (QED) is 0.703. The molecule has 0 aliphatic carbocycles. The number of carboxylic acids is 1. The van der Waals surface area contributed by atoms with E-state index in [9.17, 15) is 4.79 Å². The van der Waals surface area contributed by atoms with E-state index in [1.807, 2.05) is 0 Å². The monoisotopic (exact) mass is 170 g/mol. The fourth-order valence-corrected chi connectivity index (χ4v) is 0.946. The smallest absolute Gasteiger partial charge is 0.340 e. The molecule has 0 bridgehead atoms. The van der Waals surface area contributed by atoms with Gasteiger partial charge in [0, 0.05) is 26.6 Å². The predicted octanol–water partition coefficient (Wildman–Crippen LogP) is 0.192. The molecule has 0 amide bonds. The zero-order valence-corrected chi connectivity index (χ0v) is 6.89. The number of carboxylic acid groups (broad SMARTS) is 1. The topological polar surface area (TPSA) is 64.3 Å². The summed E-state index contributed by atoms with van der Waals surface area (Å²) in [6, 6.07) is 0. The molecule has 1 rings (SSSR count). The van der Waals surface area contributed by atoms with Gasteiger partial charge in [-0.25, -0.2) is 9.78 Å². The van der Waals surface area contributed by atoms with Crippen LogP contribution in [0.15, 0.2) is 12.4 Å². The molecular weight excluding hydrogens is 160 g/mol. The molecule has 1 aromatic rings. The van der Waals surface area contributed by atoms with Crippen molar-refractivity contribution in [3.8, 4) is 0 Å². The lowest BCUT2D eigenvalue weighted by Gasteiger charge is -2.09. The molecule has 1 atom stereocenters. The largest absolute Gasteiger partial charge is 0.479 e. The van der Waals surface area contributed by atoms with Crippen LogP contribution in [0.5, 0.6) is 0 Å². The third kappa shape index (κ3) is 1.45. The Morgan fingerprint density at radius 2 is 2.50 bits per heavy atom. The maximum atomic E-state index is 10.6. The maximum Gasteiger partial charge on any atom is 0.340 e.